The zero-order valence-electron chi connectivity index (χ0n) is 16.3. The summed E-state index contributed by atoms with van der Waals surface area (Å²) >= 11 is 0. The first-order valence-corrected chi connectivity index (χ1v) is 9.92. The van der Waals surface area contributed by atoms with Crippen LogP contribution in [0.4, 0.5) is 0 Å². The van der Waals surface area contributed by atoms with Crippen molar-refractivity contribution in [3.05, 3.63) is 90.1 Å². The van der Waals surface area contributed by atoms with Crippen molar-refractivity contribution < 1.29 is 4.79 Å². The number of nitrogens with zero attached hydrogens (tertiary/aromatic N) is 4. The van der Waals surface area contributed by atoms with E-state index < -0.39 is 0 Å². The fourth-order valence-electron chi connectivity index (χ4n) is 3.41. The third kappa shape index (κ3) is 4.95. The quantitative estimate of drug-likeness (QED) is 0.674. The maximum atomic E-state index is 12.7. The predicted octanol–water partition coefficient (Wildman–Crippen LogP) is 3.61. The third-order valence-electron chi connectivity index (χ3n) is 5.09. The maximum absolute atomic E-state index is 12.7. The average molecular weight is 384 g/mol. The summed E-state index contributed by atoms with van der Waals surface area (Å²) in [6.45, 7) is 4.03. The zero-order valence-corrected chi connectivity index (χ0v) is 16.3. The van der Waals surface area contributed by atoms with Gasteiger partial charge in [0.05, 0.1) is 5.69 Å². The van der Waals surface area contributed by atoms with Gasteiger partial charge in [0, 0.05) is 38.3 Å². The number of hydrogen-bond acceptors (Lipinski definition) is 4. The van der Waals surface area contributed by atoms with Gasteiger partial charge in [0.15, 0.2) is 5.69 Å². The monoisotopic (exact) mass is 384 g/mol. The molecule has 1 saturated heterocycles. The smallest absolute Gasteiger partial charge is 0.274 e. The molecule has 2 aromatic carbocycles. The first-order chi connectivity index (χ1) is 14.3. The lowest BCUT2D eigenvalue weighted by molar-refractivity contribution is 0.0643. The van der Waals surface area contributed by atoms with Crippen LogP contribution in [0.1, 0.15) is 16.1 Å². The Balaban J connectivity index is 1.29. The highest BCUT2D eigenvalue weighted by Crippen LogP contribution is 2.16. The summed E-state index contributed by atoms with van der Waals surface area (Å²) in [7, 11) is 0. The summed E-state index contributed by atoms with van der Waals surface area (Å²) in [6, 6.07) is 23.8. The molecule has 0 aliphatic carbocycles. The topological polar surface area (TPSA) is 49.3 Å². The lowest BCUT2D eigenvalue weighted by Crippen LogP contribution is -2.48. The molecule has 5 nitrogen and oxygen atoms in total. The summed E-state index contributed by atoms with van der Waals surface area (Å²) < 4.78 is 0. The van der Waals surface area contributed by atoms with Crippen molar-refractivity contribution in [1.82, 2.24) is 20.0 Å². The van der Waals surface area contributed by atoms with Crippen LogP contribution in [0.25, 0.3) is 17.3 Å². The van der Waals surface area contributed by atoms with Crippen molar-refractivity contribution in [2.45, 2.75) is 0 Å². The van der Waals surface area contributed by atoms with Gasteiger partial charge in [-0.05, 0) is 17.7 Å². The zero-order chi connectivity index (χ0) is 19.9. The summed E-state index contributed by atoms with van der Waals surface area (Å²) in [5.74, 6) is -0.0448. The molecule has 1 fully saturated rings. The number of aromatic nitrogens is 2. The molecule has 1 aromatic heterocycles. The Bertz CT molecular complexity index is 947. The lowest BCUT2D eigenvalue weighted by Gasteiger charge is -2.33. The van der Waals surface area contributed by atoms with Crippen molar-refractivity contribution in [2.75, 3.05) is 32.7 Å². The van der Waals surface area contributed by atoms with E-state index in [0.29, 0.717) is 18.8 Å². The van der Waals surface area contributed by atoms with Gasteiger partial charge in [0.25, 0.3) is 5.91 Å². The minimum atomic E-state index is -0.0448. The van der Waals surface area contributed by atoms with Gasteiger partial charge in [-0.3, -0.25) is 9.69 Å². The van der Waals surface area contributed by atoms with Crippen LogP contribution in [-0.4, -0.2) is 58.6 Å². The van der Waals surface area contributed by atoms with E-state index in [1.807, 2.05) is 59.5 Å². The minimum absolute atomic E-state index is 0.0448. The molecule has 0 spiro atoms. The first-order valence-electron chi connectivity index (χ1n) is 9.92. The van der Waals surface area contributed by atoms with Crippen LogP contribution in [0.2, 0.25) is 0 Å². The van der Waals surface area contributed by atoms with E-state index in [2.05, 4.69) is 39.4 Å². The van der Waals surface area contributed by atoms with Gasteiger partial charge in [-0.15, -0.1) is 10.2 Å². The normalized spacial score (nSPS) is 15.0. The SMILES string of the molecule is O=C(c1ccc(-c2ccccc2)nn1)N1CCN(C/C=C/c2ccccc2)CC1. The van der Waals surface area contributed by atoms with Crippen LogP contribution in [0, 0.1) is 0 Å². The van der Waals surface area contributed by atoms with Crippen LogP contribution in [-0.2, 0) is 0 Å². The van der Waals surface area contributed by atoms with E-state index >= 15 is 0 Å². The molecule has 1 aliphatic heterocycles. The number of amides is 1. The second kappa shape index (κ2) is 9.26. The summed E-state index contributed by atoms with van der Waals surface area (Å²) in [5.41, 5.74) is 3.38. The Morgan fingerprint density at radius 1 is 0.828 bits per heavy atom. The van der Waals surface area contributed by atoms with E-state index in [0.717, 1.165) is 30.9 Å². The Morgan fingerprint density at radius 2 is 1.52 bits per heavy atom. The standard InChI is InChI=1S/C24H24N4O/c29-24(23-14-13-22(25-26-23)21-11-5-2-6-12-21)28-18-16-27(17-19-28)15-7-10-20-8-3-1-4-9-20/h1-14H,15-19H2/b10-7+. The molecule has 1 amide bonds. The number of rotatable bonds is 5. The van der Waals surface area contributed by atoms with Gasteiger partial charge >= 0.3 is 0 Å². The van der Waals surface area contributed by atoms with E-state index in [9.17, 15) is 4.79 Å². The Labute approximate surface area is 171 Å². The second-order valence-electron chi connectivity index (χ2n) is 7.08. The lowest BCUT2D eigenvalue weighted by atomic mass is 10.1. The molecule has 0 atom stereocenters. The minimum Gasteiger partial charge on any atom is -0.335 e. The molecular formula is C24H24N4O. The molecule has 146 valence electrons. The summed E-state index contributed by atoms with van der Waals surface area (Å²) in [4.78, 5) is 17.0. The Kier molecular flexibility index (Phi) is 6.07. The van der Waals surface area contributed by atoms with E-state index in [1.165, 1.54) is 5.56 Å². The van der Waals surface area contributed by atoms with Crippen molar-refractivity contribution in [3.63, 3.8) is 0 Å². The van der Waals surface area contributed by atoms with Crippen molar-refractivity contribution >= 4 is 12.0 Å². The molecule has 0 saturated carbocycles. The molecule has 2 heterocycles. The highest BCUT2D eigenvalue weighted by atomic mass is 16.2. The fourth-order valence-corrected chi connectivity index (χ4v) is 3.41. The number of benzene rings is 2. The fraction of sp³-hybridized carbons (Fsp3) is 0.208. The first kappa shape index (κ1) is 19.0. The maximum Gasteiger partial charge on any atom is 0.274 e. The Hall–Kier alpha value is -3.31. The van der Waals surface area contributed by atoms with Crippen LogP contribution >= 0.6 is 0 Å². The molecule has 4 rings (SSSR count). The number of carbonyl (C=O) groups is 1. The van der Waals surface area contributed by atoms with Crippen molar-refractivity contribution in [3.8, 4) is 11.3 Å². The molecular weight excluding hydrogens is 360 g/mol. The van der Waals surface area contributed by atoms with Gasteiger partial charge < -0.3 is 4.90 Å². The van der Waals surface area contributed by atoms with E-state index in [4.69, 9.17) is 0 Å². The van der Waals surface area contributed by atoms with Gasteiger partial charge in [-0.2, -0.15) is 0 Å². The van der Waals surface area contributed by atoms with Crippen molar-refractivity contribution in [2.24, 2.45) is 0 Å². The van der Waals surface area contributed by atoms with E-state index in [1.54, 1.807) is 6.07 Å². The molecule has 0 unspecified atom stereocenters. The molecule has 0 bridgehead atoms. The summed E-state index contributed by atoms with van der Waals surface area (Å²) in [6.07, 6.45) is 4.32. The molecule has 3 aromatic rings. The van der Waals surface area contributed by atoms with Crippen LogP contribution in [0.5, 0.6) is 0 Å². The number of hydrogen-bond donors (Lipinski definition) is 0. The molecule has 0 N–H and O–H groups in total. The second-order valence-corrected chi connectivity index (χ2v) is 7.08. The molecule has 1 aliphatic rings. The molecule has 5 heteroatoms. The average Bonchev–Trinajstić information content (AvgIpc) is 2.80. The third-order valence-corrected chi connectivity index (χ3v) is 5.09. The highest BCUT2D eigenvalue weighted by molar-refractivity contribution is 5.92. The number of piperazine rings is 1. The number of carbonyl (C=O) groups excluding carboxylic acids is 1. The van der Waals surface area contributed by atoms with Gasteiger partial charge in [-0.1, -0.05) is 72.8 Å². The predicted molar refractivity (Wildman–Crippen MR) is 115 cm³/mol. The summed E-state index contributed by atoms with van der Waals surface area (Å²) in [5, 5.41) is 8.40. The largest absolute Gasteiger partial charge is 0.335 e. The highest BCUT2D eigenvalue weighted by Gasteiger charge is 2.22. The van der Waals surface area contributed by atoms with Crippen molar-refractivity contribution in [1.29, 1.82) is 0 Å². The van der Waals surface area contributed by atoms with Crippen LogP contribution < -0.4 is 0 Å². The van der Waals surface area contributed by atoms with E-state index in [-0.39, 0.29) is 5.91 Å². The van der Waals surface area contributed by atoms with Crippen LogP contribution in [0.3, 0.4) is 0 Å². The Morgan fingerprint density at radius 3 is 2.17 bits per heavy atom. The van der Waals surface area contributed by atoms with Gasteiger partial charge in [0.1, 0.15) is 0 Å². The van der Waals surface area contributed by atoms with Gasteiger partial charge in [0.2, 0.25) is 0 Å². The van der Waals surface area contributed by atoms with Gasteiger partial charge in [-0.25, -0.2) is 0 Å². The van der Waals surface area contributed by atoms with Crippen LogP contribution in [0.15, 0.2) is 78.9 Å². The molecule has 0 radical (unpaired) electrons. The molecule has 29 heavy (non-hydrogen) atoms.